The monoisotopic (exact) mass is 287 g/mol. The van der Waals surface area contributed by atoms with Crippen LogP contribution in [-0.4, -0.2) is 27.5 Å². The van der Waals surface area contributed by atoms with E-state index in [1.54, 1.807) is 0 Å². The minimum absolute atomic E-state index is 0.156. The van der Waals surface area contributed by atoms with Crippen molar-refractivity contribution in [3.8, 4) is 0 Å². The summed E-state index contributed by atoms with van der Waals surface area (Å²) in [7, 11) is 0. The Morgan fingerprint density at radius 3 is 2.79 bits per heavy atom. The van der Waals surface area contributed by atoms with Gasteiger partial charge in [-0.15, -0.1) is 0 Å². The molecule has 0 aliphatic rings. The van der Waals surface area contributed by atoms with Crippen LogP contribution in [-0.2, 0) is 4.79 Å². The SMILES string of the molecule is O=C(O)CCCCCNc1ncc([N+](=O)[O-])cc1Cl. The van der Waals surface area contributed by atoms with E-state index in [-0.39, 0.29) is 17.1 Å². The van der Waals surface area contributed by atoms with E-state index in [1.807, 2.05) is 0 Å². The number of aliphatic carboxylic acids is 1. The quantitative estimate of drug-likeness (QED) is 0.432. The van der Waals surface area contributed by atoms with Gasteiger partial charge >= 0.3 is 5.97 Å². The van der Waals surface area contributed by atoms with Crippen molar-refractivity contribution in [3.63, 3.8) is 0 Å². The average Bonchev–Trinajstić information content (AvgIpc) is 2.34. The van der Waals surface area contributed by atoms with E-state index in [1.165, 1.54) is 6.07 Å². The van der Waals surface area contributed by atoms with Crippen LogP contribution in [0.4, 0.5) is 11.5 Å². The molecule has 0 amide bonds. The molecule has 0 aliphatic heterocycles. The second kappa shape index (κ2) is 7.52. The van der Waals surface area contributed by atoms with Crippen molar-refractivity contribution in [1.29, 1.82) is 0 Å². The predicted molar refractivity (Wildman–Crippen MR) is 70.5 cm³/mol. The Morgan fingerprint density at radius 2 is 2.21 bits per heavy atom. The highest BCUT2D eigenvalue weighted by Crippen LogP contribution is 2.23. The van der Waals surface area contributed by atoms with Crippen molar-refractivity contribution < 1.29 is 14.8 Å². The van der Waals surface area contributed by atoms with Gasteiger partial charge in [0.2, 0.25) is 0 Å². The van der Waals surface area contributed by atoms with E-state index in [4.69, 9.17) is 16.7 Å². The van der Waals surface area contributed by atoms with E-state index in [9.17, 15) is 14.9 Å². The van der Waals surface area contributed by atoms with Crippen LogP contribution in [0.1, 0.15) is 25.7 Å². The fourth-order valence-corrected chi connectivity index (χ4v) is 1.67. The van der Waals surface area contributed by atoms with Gasteiger partial charge in [0, 0.05) is 19.0 Å². The molecule has 8 heteroatoms. The molecule has 1 heterocycles. The lowest BCUT2D eigenvalue weighted by atomic mass is 10.2. The molecule has 7 nitrogen and oxygen atoms in total. The topological polar surface area (TPSA) is 105 Å². The number of pyridine rings is 1. The Bertz CT molecular complexity index is 467. The lowest BCUT2D eigenvalue weighted by Gasteiger charge is -2.06. The first-order valence-electron chi connectivity index (χ1n) is 5.76. The number of anilines is 1. The van der Waals surface area contributed by atoms with Gasteiger partial charge in [0.05, 0.1) is 9.95 Å². The molecular formula is C11H14ClN3O4. The van der Waals surface area contributed by atoms with Crippen LogP contribution in [0, 0.1) is 10.1 Å². The van der Waals surface area contributed by atoms with Gasteiger partial charge in [-0.25, -0.2) is 4.98 Å². The summed E-state index contributed by atoms with van der Waals surface area (Å²) in [6.45, 7) is 0.587. The van der Waals surface area contributed by atoms with Crippen LogP contribution in [0.2, 0.25) is 5.02 Å². The maximum Gasteiger partial charge on any atom is 0.303 e. The third-order valence-electron chi connectivity index (χ3n) is 2.40. The van der Waals surface area contributed by atoms with Crippen LogP contribution in [0.5, 0.6) is 0 Å². The van der Waals surface area contributed by atoms with Crippen molar-refractivity contribution in [2.24, 2.45) is 0 Å². The second-order valence-corrected chi connectivity index (χ2v) is 4.32. The Morgan fingerprint density at radius 1 is 1.47 bits per heavy atom. The van der Waals surface area contributed by atoms with Crippen molar-refractivity contribution in [2.45, 2.75) is 25.7 Å². The van der Waals surface area contributed by atoms with Crippen molar-refractivity contribution in [1.82, 2.24) is 4.98 Å². The highest BCUT2D eigenvalue weighted by molar-refractivity contribution is 6.33. The number of halogens is 1. The summed E-state index contributed by atoms with van der Waals surface area (Å²) in [5.74, 6) is -0.404. The standard InChI is InChI=1S/C11H14ClN3O4/c12-9-6-8(15(18)19)7-14-11(9)13-5-3-1-2-4-10(16)17/h6-7H,1-5H2,(H,13,14)(H,16,17). The Balaban J connectivity index is 2.33. The van der Waals surface area contributed by atoms with Crippen molar-refractivity contribution >= 4 is 29.1 Å². The minimum atomic E-state index is -0.798. The number of carboxylic acids is 1. The number of rotatable bonds is 8. The number of nitro groups is 1. The Labute approximate surface area is 114 Å². The molecule has 1 aromatic heterocycles. The molecule has 0 saturated carbocycles. The fourth-order valence-electron chi connectivity index (χ4n) is 1.44. The third kappa shape index (κ3) is 5.52. The van der Waals surface area contributed by atoms with Gasteiger partial charge in [0.25, 0.3) is 5.69 Å². The van der Waals surface area contributed by atoms with E-state index in [0.29, 0.717) is 18.8 Å². The van der Waals surface area contributed by atoms with Gasteiger partial charge in [-0.2, -0.15) is 0 Å². The molecule has 0 saturated heterocycles. The summed E-state index contributed by atoms with van der Waals surface area (Å²) in [6.07, 6.45) is 3.49. The molecule has 0 aliphatic carbocycles. The molecule has 2 N–H and O–H groups in total. The first-order chi connectivity index (χ1) is 9.00. The van der Waals surface area contributed by atoms with Crippen molar-refractivity contribution in [2.75, 3.05) is 11.9 Å². The Kier molecular flexibility index (Phi) is 6.01. The van der Waals surface area contributed by atoms with E-state index in [0.717, 1.165) is 19.0 Å². The normalized spacial score (nSPS) is 10.2. The lowest BCUT2D eigenvalue weighted by molar-refractivity contribution is -0.385. The van der Waals surface area contributed by atoms with Gasteiger partial charge < -0.3 is 10.4 Å². The first kappa shape index (κ1) is 15.2. The summed E-state index contributed by atoms with van der Waals surface area (Å²) >= 11 is 5.85. The molecule has 19 heavy (non-hydrogen) atoms. The number of hydrogen-bond donors (Lipinski definition) is 2. The number of carbonyl (C=O) groups is 1. The molecule has 0 aromatic carbocycles. The number of nitrogens with zero attached hydrogens (tertiary/aromatic N) is 2. The molecule has 0 atom stereocenters. The van der Waals surface area contributed by atoms with Crippen LogP contribution >= 0.6 is 11.6 Å². The van der Waals surface area contributed by atoms with E-state index >= 15 is 0 Å². The molecule has 0 spiro atoms. The second-order valence-electron chi connectivity index (χ2n) is 3.91. The van der Waals surface area contributed by atoms with Gasteiger partial charge in [-0.1, -0.05) is 18.0 Å². The summed E-state index contributed by atoms with van der Waals surface area (Å²) in [4.78, 5) is 24.1. The smallest absolute Gasteiger partial charge is 0.303 e. The Hall–Kier alpha value is -1.89. The number of unbranched alkanes of at least 4 members (excludes halogenated alkanes) is 2. The van der Waals surface area contributed by atoms with Gasteiger partial charge in [0.1, 0.15) is 12.0 Å². The van der Waals surface area contributed by atoms with Gasteiger partial charge in [-0.05, 0) is 12.8 Å². The number of aromatic nitrogens is 1. The zero-order chi connectivity index (χ0) is 14.3. The van der Waals surface area contributed by atoms with E-state index < -0.39 is 10.9 Å². The molecule has 0 fully saturated rings. The summed E-state index contributed by atoms with van der Waals surface area (Å²) < 4.78 is 0. The average molecular weight is 288 g/mol. The van der Waals surface area contributed by atoms with Crippen LogP contribution in [0.15, 0.2) is 12.3 Å². The molecule has 104 valence electrons. The minimum Gasteiger partial charge on any atom is -0.481 e. The summed E-state index contributed by atoms with van der Waals surface area (Å²) in [5, 5.41) is 22.1. The maximum absolute atomic E-state index is 10.5. The predicted octanol–water partition coefficient (Wildman–Crippen LogP) is 2.70. The number of carboxylic acid groups (broad SMARTS) is 1. The molecular weight excluding hydrogens is 274 g/mol. The number of hydrogen-bond acceptors (Lipinski definition) is 5. The first-order valence-corrected chi connectivity index (χ1v) is 6.14. The summed E-state index contributed by atoms with van der Waals surface area (Å²) in [6, 6.07) is 1.24. The zero-order valence-corrected chi connectivity index (χ0v) is 10.9. The number of nitrogens with one attached hydrogen (secondary N) is 1. The van der Waals surface area contributed by atoms with E-state index in [2.05, 4.69) is 10.3 Å². The molecule has 0 unspecified atom stereocenters. The molecule has 1 aromatic rings. The molecule has 1 rings (SSSR count). The zero-order valence-electron chi connectivity index (χ0n) is 10.1. The van der Waals surface area contributed by atoms with Crippen molar-refractivity contribution in [3.05, 3.63) is 27.4 Å². The lowest BCUT2D eigenvalue weighted by Crippen LogP contribution is -2.04. The highest BCUT2D eigenvalue weighted by atomic mass is 35.5. The van der Waals surface area contributed by atoms with Crippen LogP contribution in [0.3, 0.4) is 0 Å². The van der Waals surface area contributed by atoms with Crippen LogP contribution < -0.4 is 5.32 Å². The largest absolute Gasteiger partial charge is 0.481 e. The van der Waals surface area contributed by atoms with Crippen LogP contribution in [0.25, 0.3) is 0 Å². The van der Waals surface area contributed by atoms with Gasteiger partial charge in [0.15, 0.2) is 0 Å². The maximum atomic E-state index is 10.5. The molecule has 0 radical (unpaired) electrons. The summed E-state index contributed by atoms with van der Waals surface area (Å²) in [5.41, 5.74) is -0.156. The third-order valence-corrected chi connectivity index (χ3v) is 2.69. The molecule has 0 bridgehead atoms. The fraction of sp³-hybridized carbons (Fsp3) is 0.455. The van der Waals surface area contributed by atoms with Gasteiger partial charge in [-0.3, -0.25) is 14.9 Å². The highest BCUT2D eigenvalue weighted by Gasteiger charge is 2.10.